The van der Waals surface area contributed by atoms with E-state index in [2.05, 4.69) is 79.7 Å². The van der Waals surface area contributed by atoms with Gasteiger partial charge < -0.3 is 4.42 Å². The van der Waals surface area contributed by atoms with Gasteiger partial charge in [-0.05, 0) is 29.2 Å². The summed E-state index contributed by atoms with van der Waals surface area (Å²) < 4.78 is 6.17. The third kappa shape index (κ3) is 3.43. The molecule has 0 aliphatic carbocycles. The molecule has 0 aliphatic rings. The van der Waals surface area contributed by atoms with Crippen molar-refractivity contribution in [3.8, 4) is 11.1 Å². The van der Waals surface area contributed by atoms with Crippen molar-refractivity contribution in [2.45, 2.75) is 32.6 Å². The lowest BCUT2D eigenvalue weighted by molar-refractivity contribution is 0.531. The highest BCUT2D eigenvalue weighted by Crippen LogP contribution is 2.30. The Morgan fingerprint density at radius 1 is 0.731 bits per heavy atom. The molecular weight excluding hydrogens is 316 g/mol. The lowest BCUT2D eigenvalue weighted by Crippen LogP contribution is -1.93. The van der Waals surface area contributed by atoms with Gasteiger partial charge in [-0.2, -0.15) is 0 Å². The molecule has 0 unspecified atom stereocenters. The molecule has 1 nitrogen and oxygen atoms in total. The standard InChI is InChI=1S/C25H24O/c1-2-3-12-25-23(22-11-7-8-13-24(22)26-25)18-19-14-16-21(17-15-19)20-9-5-4-6-10-20/h4-11,13-17H,2-3,12,18H2,1H3. The second-order valence-electron chi connectivity index (χ2n) is 6.84. The number of benzene rings is 3. The van der Waals surface area contributed by atoms with Gasteiger partial charge in [-0.1, -0.05) is 86.1 Å². The maximum absolute atomic E-state index is 6.17. The fourth-order valence-corrected chi connectivity index (χ4v) is 3.53. The lowest BCUT2D eigenvalue weighted by Gasteiger charge is -2.06. The summed E-state index contributed by atoms with van der Waals surface area (Å²) in [5.41, 5.74) is 6.21. The molecule has 0 atom stereocenters. The number of para-hydroxylation sites is 1. The van der Waals surface area contributed by atoms with E-state index in [4.69, 9.17) is 4.42 Å². The summed E-state index contributed by atoms with van der Waals surface area (Å²) in [6, 6.07) is 27.9. The predicted molar refractivity (Wildman–Crippen MR) is 110 cm³/mol. The van der Waals surface area contributed by atoms with Gasteiger partial charge in [0.2, 0.25) is 0 Å². The van der Waals surface area contributed by atoms with Crippen LogP contribution in [0.15, 0.2) is 83.3 Å². The average Bonchev–Trinajstić information content (AvgIpc) is 3.05. The van der Waals surface area contributed by atoms with Crippen LogP contribution in [0.2, 0.25) is 0 Å². The minimum atomic E-state index is 0.922. The van der Waals surface area contributed by atoms with Crippen LogP contribution in [0.3, 0.4) is 0 Å². The summed E-state index contributed by atoms with van der Waals surface area (Å²) in [7, 11) is 0. The van der Waals surface area contributed by atoms with E-state index >= 15 is 0 Å². The molecule has 1 heterocycles. The number of hydrogen-bond acceptors (Lipinski definition) is 1. The van der Waals surface area contributed by atoms with E-state index in [-0.39, 0.29) is 0 Å². The van der Waals surface area contributed by atoms with E-state index in [0.717, 1.165) is 24.2 Å². The zero-order valence-corrected chi connectivity index (χ0v) is 15.2. The van der Waals surface area contributed by atoms with E-state index in [1.165, 1.54) is 40.5 Å². The molecule has 0 bridgehead atoms. The molecule has 1 heteroatoms. The van der Waals surface area contributed by atoms with E-state index in [0.29, 0.717) is 0 Å². The highest BCUT2D eigenvalue weighted by Gasteiger charge is 2.14. The van der Waals surface area contributed by atoms with Crippen LogP contribution in [-0.2, 0) is 12.8 Å². The minimum Gasteiger partial charge on any atom is -0.461 e. The summed E-state index contributed by atoms with van der Waals surface area (Å²) >= 11 is 0. The quantitative estimate of drug-likeness (QED) is 0.367. The molecule has 0 saturated heterocycles. The van der Waals surface area contributed by atoms with Crippen LogP contribution in [0.5, 0.6) is 0 Å². The van der Waals surface area contributed by atoms with E-state index < -0.39 is 0 Å². The third-order valence-electron chi connectivity index (χ3n) is 4.98. The van der Waals surface area contributed by atoms with Crippen LogP contribution >= 0.6 is 0 Å². The maximum atomic E-state index is 6.17. The molecule has 3 aromatic carbocycles. The van der Waals surface area contributed by atoms with Gasteiger partial charge in [0.05, 0.1) is 0 Å². The predicted octanol–water partition coefficient (Wildman–Crippen LogP) is 7.03. The first-order valence-electron chi connectivity index (χ1n) is 9.49. The van der Waals surface area contributed by atoms with E-state index in [9.17, 15) is 0 Å². The van der Waals surface area contributed by atoms with Crippen LogP contribution in [0, 0.1) is 0 Å². The fraction of sp³-hybridized carbons (Fsp3) is 0.200. The number of furan rings is 1. The first kappa shape index (κ1) is 16.7. The van der Waals surface area contributed by atoms with Crippen LogP contribution < -0.4 is 0 Å². The molecule has 0 spiro atoms. The molecule has 0 radical (unpaired) electrons. The van der Waals surface area contributed by atoms with Crippen molar-refractivity contribution in [2.24, 2.45) is 0 Å². The van der Waals surface area contributed by atoms with Crippen molar-refractivity contribution in [3.05, 3.63) is 95.7 Å². The van der Waals surface area contributed by atoms with Crippen LogP contribution in [0.4, 0.5) is 0 Å². The number of rotatable bonds is 6. The number of fused-ring (bicyclic) bond motifs is 1. The smallest absolute Gasteiger partial charge is 0.134 e. The van der Waals surface area contributed by atoms with Gasteiger partial charge in [0.1, 0.15) is 11.3 Å². The first-order valence-corrected chi connectivity index (χ1v) is 9.49. The Kier molecular flexibility index (Phi) is 4.88. The molecule has 0 fully saturated rings. The van der Waals surface area contributed by atoms with Crippen molar-refractivity contribution < 1.29 is 4.42 Å². The second kappa shape index (κ2) is 7.61. The molecule has 4 rings (SSSR count). The Labute approximate surface area is 155 Å². The van der Waals surface area contributed by atoms with Gasteiger partial charge in [-0.25, -0.2) is 0 Å². The summed E-state index contributed by atoms with van der Waals surface area (Å²) in [6.07, 6.45) is 4.29. The van der Waals surface area contributed by atoms with Crippen LogP contribution in [-0.4, -0.2) is 0 Å². The van der Waals surface area contributed by atoms with Crippen molar-refractivity contribution >= 4 is 11.0 Å². The van der Waals surface area contributed by atoms with Crippen molar-refractivity contribution in [3.63, 3.8) is 0 Å². The highest BCUT2D eigenvalue weighted by molar-refractivity contribution is 5.82. The second-order valence-corrected chi connectivity index (χ2v) is 6.84. The van der Waals surface area contributed by atoms with Gasteiger partial charge in [-0.15, -0.1) is 0 Å². The van der Waals surface area contributed by atoms with E-state index in [1.807, 2.05) is 6.07 Å². The van der Waals surface area contributed by atoms with Gasteiger partial charge in [-0.3, -0.25) is 0 Å². The molecule has 1 aromatic heterocycles. The topological polar surface area (TPSA) is 13.1 Å². The molecule has 0 aliphatic heterocycles. The molecule has 130 valence electrons. The number of hydrogen-bond donors (Lipinski definition) is 0. The summed E-state index contributed by atoms with van der Waals surface area (Å²) in [5, 5.41) is 1.26. The van der Waals surface area contributed by atoms with Gasteiger partial charge in [0.25, 0.3) is 0 Å². The maximum Gasteiger partial charge on any atom is 0.134 e. The monoisotopic (exact) mass is 340 g/mol. The fourth-order valence-electron chi connectivity index (χ4n) is 3.53. The summed E-state index contributed by atoms with van der Waals surface area (Å²) in [6.45, 7) is 2.23. The Morgan fingerprint density at radius 2 is 1.42 bits per heavy atom. The van der Waals surface area contributed by atoms with Gasteiger partial charge in [0, 0.05) is 23.8 Å². The van der Waals surface area contributed by atoms with Gasteiger partial charge >= 0.3 is 0 Å². The Bertz CT molecular complexity index is 978. The normalized spacial score (nSPS) is 11.1. The van der Waals surface area contributed by atoms with E-state index in [1.54, 1.807) is 0 Å². The summed E-state index contributed by atoms with van der Waals surface area (Å²) in [4.78, 5) is 0. The molecule has 0 amide bonds. The average molecular weight is 340 g/mol. The minimum absolute atomic E-state index is 0.922. The Hall–Kier alpha value is -2.80. The molecular formula is C25H24O. The van der Waals surface area contributed by atoms with Crippen molar-refractivity contribution in [1.29, 1.82) is 0 Å². The lowest BCUT2D eigenvalue weighted by atomic mass is 9.97. The Morgan fingerprint density at radius 3 is 2.19 bits per heavy atom. The zero-order valence-electron chi connectivity index (χ0n) is 15.2. The SMILES string of the molecule is CCCCc1oc2ccccc2c1Cc1ccc(-c2ccccc2)cc1. The first-order chi connectivity index (χ1) is 12.8. The molecule has 0 saturated carbocycles. The number of aryl methyl sites for hydroxylation is 1. The number of unbranched alkanes of at least 4 members (excludes halogenated alkanes) is 1. The zero-order chi connectivity index (χ0) is 17.8. The molecule has 0 N–H and O–H groups in total. The van der Waals surface area contributed by atoms with Crippen LogP contribution in [0.25, 0.3) is 22.1 Å². The van der Waals surface area contributed by atoms with Crippen molar-refractivity contribution in [1.82, 2.24) is 0 Å². The Balaban J connectivity index is 1.64. The third-order valence-corrected chi connectivity index (χ3v) is 4.98. The van der Waals surface area contributed by atoms with Gasteiger partial charge in [0.15, 0.2) is 0 Å². The summed E-state index contributed by atoms with van der Waals surface area (Å²) in [5.74, 6) is 1.15. The molecule has 26 heavy (non-hydrogen) atoms. The van der Waals surface area contributed by atoms with Crippen molar-refractivity contribution in [2.75, 3.05) is 0 Å². The largest absolute Gasteiger partial charge is 0.461 e. The highest BCUT2D eigenvalue weighted by atomic mass is 16.3. The molecule has 4 aromatic rings. The van der Waals surface area contributed by atoms with Crippen LogP contribution in [0.1, 0.15) is 36.7 Å².